The molecule has 0 aromatic heterocycles. The van der Waals surface area contributed by atoms with E-state index in [-0.39, 0.29) is 18.0 Å². The van der Waals surface area contributed by atoms with Gasteiger partial charge in [0.1, 0.15) is 11.5 Å². The number of rotatable bonds is 4. The van der Waals surface area contributed by atoms with Crippen LogP contribution in [0.5, 0.6) is 0 Å². The molecule has 6 heteroatoms. The third-order valence-electron chi connectivity index (χ3n) is 4.07. The Kier molecular flexibility index (Phi) is 5.27. The van der Waals surface area contributed by atoms with Crippen LogP contribution in [0.2, 0.25) is 10.0 Å². The normalized spacial score (nSPS) is 14.0. The molecule has 0 aliphatic carbocycles. The fourth-order valence-electron chi connectivity index (χ4n) is 2.88. The standard InChI is InChI=1S/C18H17Cl2FN2O/c19-13-7-6-12(14(20)11-13)10-17(24)22-18-15(21)4-3-5-16(18)23-8-1-2-9-23/h3-7,11H,1-2,8-10H2,(H,22,24). The molecular formula is C18H17Cl2FN2O. The van der Waals surface area contributed by atoms with Gasteiger partial charge in [0.25, 0.3) is 0 Å². The summed E-state index contributed by atoms with van der Waals surface area (Å²) in [5.74, 6) is -0.750. The van der Waals surface area contributed by atoms with E-state index in [1.165, 1.54) is 6.07 Å². The summed E-state index contributed by atoms with van der Waals surface area (Å²) in [5, 5.41) is 3.63. The molecule has 1 N–H and O–H groups in total. The zero-order chi connectivity index (χ0) is 17.1. The quantitative estimate of drug-likeness (QED) is 0.833. The number of hydrogen-bond acceptors (Lipinski definition) is 2. The highest BCUT2D eigenvalue weighted by Gasteiger charge is 2.20. The number of amides is 1. The zero-order valence-electron chi connectivity index (χ0n) is 13.0. The molecule has 3 rings (SSSR count). The molecule has 1 aliphatic heterocycles. The Hall–Kier alpha value is -1.78. The van der Waals surface area contributed by atoms with E-state index in [0.29, 0.717) is 15.6 Å². The van der Waals surface area contributed by atoms with Crippen molar-refractivity contribution < 1.29 is 9.18 Å². The van der Waals surface area contributed by atoms with Crippen LogP contribution in [0.1, 0.15) is 18.4 Å². The van der Waals surface area contributed by atoms with Gasteiger partial charge in [-0.2, -0.15) is 0 Å². The van der Waals surface area contributed by atoms with Crippen LogP contribution in [0.3, 0.4) is 0 Å². The van der Waals surface area contributed by atoms with Crippen molar-refractivity contribution in [2.24, 2.45) is 0 Å². The molecular weight excluding hydrogens is 350 g/mol. The van der Waals surface area contributed by atoms with Crippen LogP contribution in [-0.2, 0) is 11.2 Å². The zero-order valence-corrected chi connectivity index (χ0v) is 14.5. The monoisotopic (exact) mass is 366 g/mol. The lowest BCUT2D eigenvalue weighted by Crippen LogP contribution is -2.22. The lowest BCUT2D eigenvalue weighted by molar-refractivity contribution is -0.115. The van der Waals surface area contributed by atoms with Crippen LogP contribution in [-0.4, -0.2) is 19.0 Å². The molecule has 2 aromatic rings. The first kappa shape index (κ1) is 17.1. The van der Waals surface area contributed by atoms with Crippen molar-refractivity contribution in [2.75, 3.05) is 23.3 Å². The van der Waals surface area contributed by atoms with Crippen LogP contribution in [0.15, 0.2) is 36.4 Å². The molecule has 1 amide bonds. The van der Waals surface area contributed by atoms with Crippen LogP contribution in [0, 0.1) is 5.82 Å². The minimum Gasteiger partial charge on any atom is -0.370 e. The van der Waals surface area contributed by atoms with E-state index in [9.17, 15) is 9.18 Å². The maximum atomic E-state index is 14.2. The van der Waals surface area contributed by atoms with E-state index in [1.54, 1.807) is 24.3 Å². The van der Waals surface area contributed by atoms with Crippen molar-refractivity contribution in [3.05, 3.63) is 57.8 Å². The summed E-state index contributed by atoms with van der Waals surface area (Å²) in [4.78, 5) is 14.4. The van der Waals surface area contributed by atoms with Gasteiger partial charge in [0.2, 0.25) is 5.91 Å². The molecule has 0 unspecified atom stereocenters. The average molecular weight is 367 g/mol. The van der Waals surface area contributed by atoms with Gasteiger partial charge >= 0.3 is 0 Å². The first-order valence-corrected chi connectivity index (χ1v) is 8.57. The first-order chi connectivity index (χ1) is 11.5. The molecule has 0 atom stereocenters. The maximum absolute atomic E-state index is 14.2. The number of nitrogens with zero attached hydrogens (tertiary/aromatic N) is 1. The van der Waals surface area contributed by atoms with Crippen molar-refractivity contribution >= 4 is 40.5 Å². The van der Waals surface area contributed by atoms with E-state index in [1.807, 2.05) is 6.07 Å². The fraction of sp³-hybridized carbons (Fsp3) is 0.278. The van der Waals surface area contributed by atoms with Gasteiger partial charge in [0, 0.05) is 23.1 Å². The maximum Gasteiger partial charge on any atom is 0.228 e. The van der Waals surface area contributed by atoms with E-state index >= 15 is 0 Å². The number of carbonyl (C=O) groups excluding carboxylic acids is 1. The minimum absolute atomic E-state index is 0.0593. The summed E-state index contributed by atoms with van der Waals surface area (Å²) in [6.07, 6.45) is 2.21. The summed E-state index contributed by atoms with van der Waals surface area (Å²) in [5.41, 5.74) is 1.61. The predicted molar refractivity (Wildman–Crippen MR) is 96.6 cm³/mol. The molecule has 1 aliphatic rings. The molecule has 126 valence electrons. The van der Waals surface area contributed by atoms with Crippen LogP contribution < -0.4 is 10.2 Å². The number of hydrogen-bond donors (Lipinski definition) is 1. The van der Waals surface area contributed by atoms with Crippen LogP contribution in [0.25, 0.3) is 0 Å². The second-order valence-corrected chi connectivity index (χ2v) is 6.63. The third-order valence-corrected chi connectivity index (χ3v) is 4.66. The van der Waals surface area contributed by atoms with E-state index in [0.717, 1.165) is 31.6 Å². The smallest absolute Gasteiger partial charge is 0.228 e. The topological polar surface area (TPSA) is 32.3 Å². The Balaban J connectivity index is 1.79. The molecule has 3 nitrogen and oxygen atoms in total. The SMILES string of the molecule is O=C(Cc1ccc(Cl)cc1Cl)Nc1c(F)cccc1N1CCCC1. The van der Waals surface area contributed by atoms with Gasteiger partial charge in [-0.1, -0.05) is 35.3 Å². The molecule has 2 aromatic carbocycles. The van der Waals surface area contributed by atoms with Gasteiger partial charge in [-0.05, 0) is 42.7 Å². The molecule has 0 radical (unpaired) electrons. The van der Waals surface area contributed by atoms with Crippen molar-refractivity contribution in [3.8, 4) is 0 Å². The number of carbonyl (C=O) groups is 1. The first-order valence-electron chi connectivity index (χ1n) is 7.82. The second kappa shape index (κ2) is 7.41. The fourth-order valence-corrected chi connectivity index (χ4v) is 3.35. The highest BCUT2D eigenvalue weighted by molar-refractivity contribution is 6.35. The summed E-state index contributed by atoms with van der Waals surface area (Å²) in [7, 11) is 0. The lowest BCUT2D eigenvalue weighted by atomic mass is 10.1. The number of halogens is 3. The van der Waals surface area contributed by atoms with E-state index in [2.05, 4.69) is 10.2 Å². The van der Waals surface area contributed by atoms with Gasteiger partial charge in [0.15, 0.2) is 0 Å². The number of para-hydroxylation sites is 1. The molecule has 0 spiro atoms. The molecule has 1 fully saturated rings. The van der Waals surface area contributed by atoms with Crippen molar-refractivity contribution in [2.45, 2.75) is 19.3 Å². The number of benzene rings is 2. The molecule has 1 saturated heterocycles. The third kappa shape index (κ3) is 3.82. The number of anilines is 2. The molecule has 0 saturated carbocycles. The van der Waals surface area contributed by atoms with Gasteiger partial charge < -0.3 is 10.2 Å². The minimum atomic E-state index is -0.435. The Labute approximate surface area is 150 Å². The Morgan fingerprint density at radius 2 is 1.92 bits per heavy atom. The van der Waals surface area contributed by atoms with Gasteiger partial charge in [-0.25, -0.2) is 4.39 Å². The Morgan fingerprint density at radius 3 is 2.62 bits per heavy atom. The Bertz CT molecular complexity index is 761. The summed E-state index contributed by atoms with van der Waals surface area (Å²) in [6, 6.07) is 9.81. The molecule has 1 heterocycles. The van der Waals surface area contributed by atoms with Gasteiger partial charge in [-0.15, -0.1) is 0 Å². The second-order valence-electron chi connectivity index (χ2n) is 5.79. The lowest BCUT2D eigenvalue weighted by Gasteiger charge is -2.22. The van der Waals surface area contributed by atoms with Gasteiger partial charge in [0.05, 0.1) is 12.1 Å². The van der Waals surface area contributed by atoms with Crippen molar-refractivity contribution in [3.63, 3.8) is 0 Å². The Morgan fingerprint density at radius 1 is 1.17 bits per heavy atom. The van der Waals surface area contributed by atoms with Crippen LogP contribution in [0.4, 0.5) is 15.8 Å². The molecule has 0 bridgehead atoms. The summed E-state index contributed by atoms with van der Waals surface area (Å²) >= 11 is 12.0. The summed E-state index contributed by atoms with van der Waals surface area (Å²) < 4.78 is 14.2. The molecule has 24 heavy (non-hydrogen) atoms. The largest absolute Gasteiger partial charge is 0.370 e. The van der Waals surface area contributed by atoms with E-state index < -0.39 is 5.82 Å². The summed E-state index contributed by atoms with van der Waals surface area (Å²) in [6.45, 7) is 1.74. The van der Waals surface area contributed by atoms with E-state index in [4.69, 9.17) is 23.2 Å². The highest BCUT2D eigenvalue weighted by atomic mass is 35.5. The highest BCUT2D eigenvalue weighted by Crippen LogP contribution is 2.31. The van der Waals surface area contributed by atoms with Gasteiger partial charge in [-0.3, -0.25) is 4.79 Å². The average Bonchev–Trinajstić information content (AvgIpc) is 3.06. The van der Waals surface area contributed by atoms with Crippen LogP contribution >= 0.6 is 23.2 Å². The van der Waals surface area contributed by atoms with Crippen molar-refractivity contribution in [1.82, 2.24) is 0 Å². The number of nitrogens with one attached hydrogen (secondary N) is 1. The predicted octanol–water partition coefficient (Wildman–Crippen LogP) is 4.91. The van der Waals surface area contributed by atoms with Crippen molar-refractivity contribution in [1.29, 1.82) is 0 Å².